The largest absolute Gasteiger partial charge is 0.489 e. The first-order chi connectivity index (χ1) is 16.2. The molecule has 1 aromatic heterocycles. The summed E-state index contributed by atoms with van der Waals surface area (Å²) < 4.78 is 50.3. The summed E-state index contributed by atoms with van der Waals surface area (Å²) in [6, 6.07) is 15.5. The van der Waals surface area contributed by atoms with Gasteiger partial charge in [0.2, 0.25) is 0 Å². The summed E-state index contributed by atoms with van der Waals surface area (Å²) in [4.78, 5) is 11.0. The number of carboxylic acid groups (broad SMARTS) is 1. The van der Waals surface area contributed by atoms with Gasteiger partial charge in [-0.1, -0.05) is 35.9 Å². The molecule has 0 atom stereocenters. The van der Waals surface area contributed by atoms with Crippen LogP contribution in [0, 0.1) is 0 Å². The molecule has 0 aliphatic heterocycles. The number of rotatable bonds is 8. The standard InChI is InChI=1S/C25H18ClF3O4S/c26-21-10-20(11-22-24(21)17(14-34-22)9-23(30)31)33-13-16-3-7-19(8-4-16)32-12-15-1-5-18(6-2-15)25(27,28)29/h1-8,10-11,14H,9,12-13H2,(H,30,31). The minimum absolute atomic E-state index is 0.0901. The number of hydrogen-bond donors (Lipinski definition) is 1. The third-order valence-corrected chi connectivity index (χ3v) is 6.31. The molecule has 4 rings (SSSR count). The van der Waals surface area contributed by atoms with Crippen LogP contribution in [0.2, 0.25) is 5.02 Å². The van der Waals surface area contributed by atoms with Gasteiger partial charge in [0.1, 0.15) is 24.7 Å². The maximum Gasteiger partial charge on any atom is 0.416 e. The quantitative estimate of drug-likeness (QED) is 0.271. The van der Waals surface area contributed by atoms with Crippen molar-refractivity contribution in [1.82, 2.24) is 0 Å². The number of thiophene rings is 1. The highest BCUT2D eigenvalue weighted by Crippen LogP contribution is 2.36. The number of hydrogen-bond acceptors (Lipinski definition) is 4. The third kappa shape index (κ3) is 5.81. The molecular formula is C25H18ClF3O4S. The zero-order valence-corrected chi connectivity index (χ0v) is 19.1. The molecule has 0 saturated carbocycles. The lowest BCUT2D eigenvalue weighted by Crippen LogP contribution is -2.05. The van der Waals surface area contributed by atoms with Crippen molar-refractivity contribution in [2.45, 2.75) is 25.8 Å². The fourth-order valence-corrected chi connectivity index (χ4v) is 4.74. The first-order valence-electron chi connectivity index (χ1n) is 10.1. The summed E-state index contributed by atoms with van der Waals surface area (Å²) in [5.74, 6) is 0.240. The van der Waals surface area contributed by atoms with E-state index in [0.29, 0.717) is 27.6 Å². The van der Waals surface area contributed by atoms with Gasteiger partial charge in [0.25, 0.3) is 0 Å². The predicted octanol–water partition coefficient (Wildman–Crippen LogP) is 7.36. The van der Waals surface area contributed by atoms with Gasteiger partial charge in [-0.3, -0.25) is 4.79 Å². The van der Waals surface area contributed by atoms with Crippen LogP contribution >= 0.6 is 22.9 Å². The van der Waals surface area contributed by atoms with Gasteiger partial charge >= 0.3 is 12.1 Å². The van der Waals surface area contributed by atoms with Crippen LogP contribution in [0.4, 0.5) is 13.2 Å². The first-order valence-corrected chi connectivity index (χ1v) is 11.4. The summed E-state index contributed by atoms with van der Waals surface area (Å²) in [6.07, 6.45) is -4.45. The van der Waals surface area contributed by atoms with Gasteiger partial charge in [-0.2, -0.15) is 13.2 Å². The SMILES string of the molecule is O=C(O)Cc1csc2cc(OCc3ccc(OCc4ccc(C(F)(F)F)cc4)cc3)cc(Cl)c12. The maximum atomic E-state index is 12.6. The molecule has 34 heavy (non-hydrogen) atoms. The van der Waals surface area contributed by atoms with Crippen LogP contribution in [0.15, 0.2) is 66.0 Å². The van der Waals surface area contributed by atoms with E-state index >= 15 is 0 Å². The Labute approximate surface area is 202 Å². The number of benzene rings is 3. The van der Waals surface area contributed by atoms with Crippen LogP contribution in [0.5, 0.6) is 11.5 Å². The van der Waals surface area contributed by atoms with E-state index in [2.05, 4.69) is 0 Å². The van der Waals surface area contributed by atoms with E-state index in [0.717, 1.165) is 27.8 Å². The van der Waals surface area contributed by atoms with Gasteiger partial charge in [0.05, 0.1) is 17.0 Å². The zero-order chi connectivity index (χ0) is 24.3. The van der Waals surface area contributed by atoms with E-state index in [1.54, 1.807) is 23.6 Å². The Morgan fingerprint density at radius 3 is 2.09 bits per heavy atom. The molecule has 0 unspecified atom stereocenters. The number of aliphatic carboxylic acids is 1. The Morgan fingerprint density at radius 1 is 0.912 bits per heavy atom. The van der Waals surface area contributed by atoms with E-state index in [1.807, 2.05) is 18.2 Å². The van der Waals surface area contributed by atoms with Crippen molar-refractivity contribution < 1.29 is 32.5 Å². The second-order valence-electron chi connectivity index (χ2n) is 7.53. The number of alkyl halides is 3. The molecule has 4 aromatic rings. The topological polar surface area (TPSA) is 55.8 Å². The number of carbonyl (C=O) groups is 1. The molecular weight excluding hydrogens is 489 g/mol. The molecule has 0 saturated heterocycles. The van der Waals surface area contributed by atoms with Crippen molar-refractivity contribution in [1.29, 1.82) is 0 Å². The Morgan fingerprint density at radius 2 is 1.50 bits per heavy atom. The number of halogens is 4. The van der Waals surface area contributed by atoms with Crippen LogP contribution < -0.4 is 9.47 Å². The van der Waals surface area contributed by atoms with Gasteiger partial charge in [0, 0.05) is 10.1 Å². The normalized spacial score (nSPS) is 11.5. The Hall–Kier alpha value is -3.23. The minimum Gasteiger partial charge on any atom is -0.489 e. The number of fused-ring (bicyclic) bond motifs is 1. The van der Waals surface area contributed by atoms with E-state index in [1.165, 1.54) is 23.5 Å². The van der Waals surface area contributed by atoms with Gasteiger partial charge in [-0.25, -0.2) is 0 Å². The lowest BCUT2D eigenvalue weighted by atomic mass is 10.1. The Balaban J connectivity index is 1.34. The van der Waals surface area contributed by atoms with Gasteiger partial charge in [-0.05, 0) is 58.5 Å². The molecule has 0 aliphatic carbocycles. The van der Waals surface area contributed by atoms with Crippen molar-refractivity contribution >= 4 is 39.0 Å². The fraction of sp³-hybridized carbons (Fsp3) is 0.160. The molecule has 0 amide bonds. The van der Waals surface area contributed by atoms with E-state index in [-0.39, 0.29) is 19.6 Å². The Kier molecular flexibility index (Phi) is 7.00. The van der Waals surface area contributed by atoms with Crippen LogP contribution in [-0.2, 0) is 30.6 Å². The van der Waals surface area contributed by atoms with Crippen molar-refractivity contribution in [3.8, 4) is 11.5 Å². The molecule has 0 radical (unpaired) electrons. The Bertz CT molecular complexity index is 1300. The van der Waals surface area contributed by atoms with Crippen molar-refractivity contribution in [3.05, 3.63) is 93.3 Å². The highest BCUT2D eigenvalue weighted by Gasteiger charge is 2.29. The molecule has 0 bridgehead atoms. The fourth-order valence-electron chi connectivity index (χ4n) is 3.34. The molecule has 4 nitrogen and oxygen atoms in total. The van der Waals surface area contributed by atoms with E-state index in [4.69, 9.17) is 26.2 Å². The van der Waals surface area contributed by atoms with Crippen molar-refractivity contribution in [3.63, 3.8) is 0 Å². The summed E-state index contributed by atoms with van der Waals surface area (Å²) in [6.45, 7) is 0.436. The predicted molar refractivity (Wildman–Crippen MR) is 125 cm³/mol. The van der Waals surface area contributed by atoms with Crippen LogP contribution in [0.25, 0.3) is 10.1 Å². The summed E-state index contributed by atoms with van der Waals surface area (Å²) in [5, 5.41) is 12.0. The molecule has 0 aliphatic rings. The highest BCUT2D eigenvalue weighted by molar-refractivity contribution is 7.17. The molecule has 0 fully saturated rings. The van der Waals surface area contributed by atoms with Crippen LogP contribution in [0.3, 0.4) is 0 Å². The lowest BCUT2D eigenvalue weighted by Gasteiger charge is -2.10. The van der Waals surface area contributed by atoms with Crippen molar-refractivity contribution in [2.75, 3.05) is 0 Å². The molecule has 9 heteroatoms. The van der Waals surface area contributed by atoms with E-state index < -0.39 is 17.7 Å². The van der Waals surface area contributed by atoms with Gasteiger partial charge in [-0.15, -0.1) is 11.3 Å². The molecule has 0 spiro atoms. The third-order valence-electron chi connectivity index (χ3n) is 5.03. The zero-order valence-electron chi connectivity index (χ0n) is 17.6. The highest BCUT2D eigenvalue weighted by atomic mass is 35.5. The second kappa shape index (κ2) is 9.95. The molecule has 3 aromatic carbocycles. The average Bonchev–Trinajstić information content (AvgIpc) is 3.19. The van der Waals surface area contributed by atoms with Gasteiger partial charge < -0.3 is 14.6 Å². The van der Waals surface area contributed by atoms with Gasteiger partial charge in [0.15, 0.2) is 0 Å². The van der Waals surface area contributed by atoms with Crippen LogP contribution in [0.1, 0.15) is 22.3 Å². The molecule has 1 N–H and O–H groups in total. The maximum absolute atomic E-state index is 12.6. The lowest BCUT2D eigenvalue weighted by molar-refractivity contribution is -0.138. The first kappa shape index (κ1) is 23.9. The monoisotopic (exact) mass is 506 g/mol. The number of ether oxygens (including phenoxy) is 2. The summed E-state index contributed by atoms with van der Waals surface area (Å²) >= 11 is 7.79. The molecule has 1 heterocycles. The van der Waals surface area contributed by atoms with Crippen molar-refractivity contribution in [2.24, 2.45) is 0 Å². The van der Waals surface area contributed by atoms with Crippen LogP contribution in [-0.4, -0.2) is 11.1 Å². The smallest absolute Gasteiger partial charge is 0.416 e. The minimum atomic E-state index is -4.36. The average molecular weight is 507 g/mol. The second-order valence-corrected chi connectivity index (χ2v) is 8.84. The van der Waals surface area contributed by atoms with E-state index in [9.17, 15) is 18.0 Å². The number of carboxylic acids is 1. The summed E-state index contributed by atoms with van der Waals surface area (Å²) in [5.41, 5.74) is 1.50. The summed E-state index contributed by atoms with van der Waals surface area (Å²) in [7, 11) is 0. The molecule has 176 valence electrons.